The maximum absolute atomic E-state index is 12.8. The predicted molar refractivity (Wildman–Crippen MR) is 129 cm³/mol. The highest BCUT2D eigenvalue weighted by Gasteiger charge is 2.14. The van der Waals surface area contributed by atoms with Crippen LogP contribution in [0, 0.1) is 6.92 Å². The topological polar surface area (TPSA) is 68.5 Å². The van der Waals surface area contributed by atoms with Gasteiger partial charge in [0.2, 0.25) is 5.43 Å². The molecular formula is C26H24ClNO4. The summed E-state index contributed by atoms with van der Waals surface area (Å²) in [7, 11) is 0. The number of hydrogen-bond donors (Lipinski definition) is 1. The van der Waals surface area contributed by atoms with E-state index in [1.807, 2.05) is 31.2 Å². The lowest BCUT2D eigenvalue weighted by Gasteiger charge is -2.19. The molecule has 0 saturated carbocycles. The molecule has 0 fully saturated rings. The molecule has 6 heteroatoms. The van der Waals surface area contributed by atoms with Crippen molar-refractivity contribution in [1.29, 1.82) is 0 Å². The number of carbonyl (C=O) groups is 1. The first-order valence-electron chi connectivity index (χ1n) is 10.3. The Morgan fingerprint density at radius 3 is 2.38 bits per heavy atom. The molecule has 1 N–H and O–H groups in total. The van der Waals surface area contributed by atoms with Crippen LogP contribution in [0.4, 0.5) is 5.69 Å². The van der Waals surface area contributed by atoms with E-state index in [0.29, 0.717) is 38.4 Å². The minimum atomic E-state index is -0.310. The summed E-state index contributed by atoms with van der Waals surface area (Å²) in [6.45, 7) is 8.13. The molecule has 5 nitrogen and oxygen atoms in total. The van der Waals surface area contributed by atoms with Crippen LogP contribution in [0.2, 0.25) is 5.02 Å². The fourth-order valence-corrected chi connectivity index (χ4v) is 3.61. The molecular weight excluding hydrogens is 426 g/mol. The number of ether oxygens (including phenoxy) is 1. The molecule has 0 bridgehead atoms. The molecule has 32 heavy (non-hydrogen) atoms. The standard InChI is InChI=1S/C26H24ClNO4/c1-15-11-22-20(13-21(15)27)25(30)19-10-7-17(12-23(19)32-22)28-24(29)14-31-18-8-5-16(6-9-18)26(2,3)4/h5-13H,14H2,1-4H3,(H,28,29). The molecule has 0 aliphatic heterocycles. The van der Waals surface area contributed by atoms with Gasteiger partial charge in [-0.1, -0.05) is 44.5 Å². The van der Waals surface area contributed by atoms with Gasteiger partial charge in [-0.15, -0.1) is 0 Å². The summed E-state index contributed by atoms with van der Waals surface area (Å²) in [5.41, 5.74) is 3.26. The number of aryl methyl sites for hydroxylation is 1. The number of rotatable bonds is 4. The summed E-state index contributed by atoms with van der Waals surface area (Å²) in [4.78, 5) is 25.2. The molecule has 0 unspecified atom stereocenters. The fraction of sp³-hybridized carbons (Fsp3) is 0.231. The summed E-state index contributed by atoms with van der Waals surface area (Å²) in [5.74, 6) is 0.313. The summed E-state index contributed by atoms with van der Waals surface area (Å²) >= 11 is 6.15. The number of amides is 1. The van der Waals surface area contributed by atoms with Crippen molar-refractivity contribution in [2.75, 3.05) is 11.9 Å². The molecule has 4 aromatic rings. The first kappa shape index (κ1) is 21.9. The van der Waals surface area contributed by atoms with E-state index < -0.39 is 0 Å². The SMILES string of the molecule is Cc1cc2oc3cc(NC(=O)COc4ccc(C(C)(C)C)cc4)ccc3c(=O)c2cc1Cl. The number of halogens is 1. The third-order valence-corrected chi connectivity index (χ3v) is 5.73. The number of fused-ring (bicyclic) bond motifs is 2. The Morgan fingerprint density at radius 2 is 1.69 bits per heavy atom. The van der Waals surface area contributed by atoms with Crippen molar-refractivity contribution in [3.05, 3.63) is 81.0 Å². The van der Waals surface area contributed by atoms with Gasteiger partial charge < -0.3 is 14.5 Å². The Hall–Kier alpha value is -3.31. The van der Waals surface area contributed by atoms with E-state index in [9.17, 15) is 9.59 Å². The average Bonchev–Trinajstić information content (AvgIpc) is 2.73. The van der Waals surface area contributed by atoms with Crippen LogP contribution in [-0.4, -0.2) is 12.5 Å². The van der Waals surface area contributed by atoms with E-state index in [2.05, 4.69) is 26.1 Å². The van der Waals surface area contributed by atoms with Gasteiger partial charge in [0.15, 0.2) is 6.61 Å². The molecule has 1 heterocycles. The zero-order valence-corrected chi connectivity index (χ0v) is 19.2. The smallest absolute Gasteiger partial charge is 0.262 e. The molecule has 1 aromatic heterocycles. The third-order valence-electron chi connectivity index (χ3n) is 5.33. The van der Waals surface area contributed by atoms with Crippen LogP contribution in [-0.2, 0) is 10.2 Å². The van der Waals surface area contributed by atoms with Gasteiger partial charge in [-0.2, -0.15) is 0 Å². The maximum atomic E-state index is 12.8. The van der Waals surface area contributed by atoms with Gasteiger partial charge in [0, 0.05) is 16.8 Å². The van der Waals surface area contributed by atoms with Crippen LogP contribution in [0.25, 0.3) is 21.9 Å². The van der Waals surface area contributed by atoms with Crippen molar-refractivity contribution in [1.82, 2.24) is 0 Å². The van der Waals surface area contributed by atoms with Gasteiger partial charge in [0.05, 0.1) is 10.8 Å². The van der Waals surface area contributed by atoms with E-state index >= 15 is 0 Å². The van der Waals surface area contributed by atoms with E-state index in [-0.39, 0.29) is 23.4 Å². The van der Waals surface area contributed by atoms with Crippen molar-refractivity contribution in [3.63, 3.8) is 0 Å². The minimum Gasteiger partial charge on any atom is -0.484 e. The van der Waals surface area contributed by atoms with E-state index in [0.717, 1.165) is 5.56 Å². The van der Waals surface area contributed by atoms with Crippen molar-refractivity contribution in [2.45, 2.75) is 33.1 Å². The molecule has 3 aromatic carbocycles. The Morgan fingerprint density at radius 1 is 1.00 bits per heavy atom. The van der Waals surface area contributed by atoms with Crippen molar-refractivity contribution >= 4 is 45.1 Å². The average molecular weight is 450 g/mol. The molecule has 0 saturated heterocycles. The number of nitrogens with one attached hydrogen (secondary N) is 1. The zero-order valence-electron chi connectivity index (χ0n) is 18.4. The van der Waals surface area contributed by atoms with E-state index in [4.69, 9.17) is 20.8 Å². The first-order chi connectivity index (χ1) is 15.1. The van der Waals surface area contributed by atoms with Crippen LogP contribution in [0.3, 0.4) is 0 Å². The number of anilines is 1. The summed E-state index contributed by atoms with van der Waals surface area (Å²) < 4.78 is 11.5. The number of carbonyl (C=O) groups excluding carboxylic acids is 1. The largest absolute Gasteiger partial charge is 0.484 e. The van der Waals surface area contributed by atoms with Crippen LogP contribution in [0.5, 0.6) is 5.75 Å². The van der Waals surface area contributed by atoms with E-state index in [1.54, 1.807) is 30.3 Å². The van der Waals surface area contributed by atoms with Gasteiger partial charge in [0.25, 0.3) is 5.91 Å². The molecule has 4 rings (SSSR count). The third kappa shape index (κ3) is 4.48. The molecule has 0 atom stereocenters. The summed E-state index contributed by atoms with van der Waals surface area (Å²) in [6, 6.07) is 16.0. The van der Waals surface area contributed by atoms with E-state index in [1.165, 1.54) is 5.56 Å². The van der Waals surface area contributed by atoms with Crippen molar-refractivity contribution < 1.29 is 13.9 Å². The molecule has 164 valence electrons. The van der Waals surface area contributed by atoms with Gasteiger partial charge in [-0.05, 0) is 59.9 Å². The van der Waals surface area contributed by atoms with Crippen molar-refractivity contribution in [2.24, 2.45) is 0 Å². The van der Waals surface area contributed by atoms with Gasteiger partial charge in [0.1, 0.15) is 16.9 Å². The van der Waals surface area contributed by atoms with Gasteiger partial charge >= 0.3 is 0 Å². The molecule has 0 aliphatic carbocycles. The fourth-order valence-electron chi connectivity index (χ4n) is 3.45. The molecule has 0 spiro atoms. The predicted octanol–water partition coefficient (Wildman–Crippen LogP) is 6.22. The second-order valence-corrected chi connectivity index (χ2v) is 9.26. The molecule has 1 amide bonds. The van der Waals surface area contributed by atoms with Crippen LogP contribution < -0.4 is 15.5 Å². The van der Waals surface area contributed by atoms with Crippen LogP contribution in [0.1, 0.15) is 31.9 Å². The highest BCUT2D eigenvalue weighted by molar-refractivity contribution is 6.32. The lowest BCUT2D eigenvalue weighted by molar-refractivity contribution is -0.118. The summed E-state index contributed by atoms with van der Waals surface area (Å²) in [6.07, 6.45) is 0. The Bertz CT molecular complexity index is 1380. The maximum Gasteiger partial charge on any atom is 0.262 e. The second kappa shape index (κ2) is 8.32. The zero-order chi connectivity index (χ0) is 23.0. The van der Waals surface area contributed by atoms with Gasteiger partial charge in [-0.3, -0.25) is 9.59 Å². The monoisotopic (exact) mass is 449 g/mol. The van der Waals surface area contributed by atoms with Crippen LogP contribution >= 0.6 is 11.6 Å². The number of benzene rings is 3. The lowest BCUT2D eigenvalue weighted by Crippen LogP contribution is -2.20. The van der Waals surface area contributed by atoms with Gasteiger partial charge in [-0.25, -0.2) is 0 Å². The lowest BCUT2D eigenvalue weighted by atomic mass is 9.87. The minimum absolute atomic E-state index is 0.0529. The normalized spacial score (nSPS) is 11.7. The Balaban J connectivity index is 1.50. The quantitative estimate of drug-likeness (QED) is 0.375. The molecule has 0 radical (unpaired) electrons. The Labute approximate surface area is 191 Å². The van der Waals surface area contributed by atoms with Crippen LogP contribution in [0.15, 0.2) is 63.8 Å². The number of hydrogen-bond acceptors (Lipinski definition) is 4. The second-order valence-electron chi connectivity index (χ2n) is 8.85. The highest BCUT2D eigenvalue weighted by atomic mass is 35.5. The van der Waals surface area contributed by atoms with Crippen molar-refractivity contribution in [3.8, 4) is 5.75 Å². The molecule has 0 aliphatic rings. The summed E-state index contributed by atoms with van der Waals surface area (Å²) in [5, 5.41) is 4.14. The first-order valence-corrected chi connectivity index (χ1v) is 10.7. The Kier molecular flexibility index (Phi) is 5.70. The highest BCUT2D eigenvalue weighted by Crippen LogP contribution is 2.27.